The van der Waals surface area contributed by atoms with Gasteiger partial charge in [0, 0.05) is 8.95 Å². The van der Waals surface area contributed by atoms with Gasteiger partial charge < -0.3 is 10.5 Å². The van der Waals surface area contributed by atoms with Gasteiger partial charge in [-0.25, -0.2) is 4.79 Å². The van der Waals surface area contributed by atoms with Crippen LogP contribution in [0.25, 0.3) is 0 Å². The molecule has 0 saturated carbocycles. The molecule has 16 heavy (non-hydrogen) atoms. The molecule has 3 nitrogen and oxygen atoms in total. The Morgan fingerprint density at radius 1 is 1.50 bits per heavy atom. The average Bonchev–Trinajstić information content (AvgIpc) is 2.22. The van der Waals surface area contributed by atoms with Crippen LogP contribution in [-0.4, -0.2) is 12.1 Å². The van der Waals surface area contributed by atoms with Gasteiger partial charge in [-0.1, -0.05) is 22.9 Å². The van der Waals surface area contributed by atoms with Crippen molar-refractivity contribution in [2.24, 2.45) is 0 Å². The first kappa shape index (κ1) is 13.5. The van der Waals surface area contributed by atoms with Crippen LogP contribution < -0.4 is 5.73 Å². The molecule has 0 saturated heterocycles. The van der Waals surface area contributed by atoms with E-state index in [0.29, 0.717) is 15.7 Å². The number of benzene rings is 1. The zero-order valence-corrected chi connectivity index (χ0v) is 12.3. The van der Waals surface area contributed by atoms with Crippen molar-refractivity contribution in [3.63, 3.8) is 0 Å². The quantitative estimate of drug-likeness (QED) is 0.667. The lowest BCUT2D eigenvalue weighted by molar-refractivity contribution is 0.0335. The summed E-state index contributed by atoms with van der Waals surface area (Å²) in [5.41, 5.74) is 6.58. The van der Waals surface area contributed by atoms with Crippen LogP contribution >= 0.6 is 31.9 Å². The minimum Gasteiger partial charge on any atom is -0.459 e. The van der Waals surface area contributed by atoms with Crippen molar-refractivity contribution in [2.75, 3.05) is 5.73 Å². The second-order valence-electron chi connectivity index (χ2n) is 3.47. The summed E-state index contributed by atoms with van der Waals surface area (Å²) in [7, 11) is 0. The van der Waals surface area contributed by atoms with E-state index >= 15 is 0 Å². The lowest BCUT2D eigenvalue weighted by Gasteiger charge is -2.13. The van der Waals surface area contributed by atoms with Crippen molar-refractivity contribution in [3.8, 4) is 0 Å². The van der Waals surface area contributed by atoms with Crippen LogP contribution in [0.5, 0.6) is 0 Å². The number of hydrogen-bond donors (Lipinski definition) is 1. The first-order valence-corrected chi connectivity index (χ1v) is 6.49. The van der Waals surface area contributed by atoms with Crippen LogP contribution in [0.2, 0.25) is 0 Å². The molecule has 0 bridgehead atoms. The third kappa shape index (κ3) is 3.22. The maximum absolute atomic E-state index is 11.8. The maximum Gasteiger partial charge on any atom is 0.340 e. The molecule has 0 radical (unpaired) electrons. The number of halogens is 2. The predicted octanol–water partition coefficient (Wildman–Crippen LogP) is 3.75. The molecule has 0 aliphatic heterocycles. The SMILES string of the molecule is CCC(C)OC(=O)c1cc(Br)cc(Br)c1N. The Morgan fingerprint density at radius 3 is 2.69 bits per heavy atom. The lowest BCUT2D eigenvalue weighted by atomic mass is 10.2. The number of carbonyl (C=O) groups excluding carboxylic acids is 1. The Labute approximate surface area is 112 Å². The van der Waals surface area contributed by atoms with Crippen molar-refractivity contribution in [1.29, 1.82) is 0 Å². The highest BCUT2D eigenvalue weighted by Gasteiger charge is 2.16. The molecule has 1 unspecified atom stereocenters. The molecule has 2 N–H and O–H groups in total. The summed E-state index contributed by atoms with van der Waals surface area (Å²) in [6, 6.07) is 3.44. The topological polar surface area (TPSA) is 52.3 Å². The summed E-state index contributed by atoms with van der Waals surface area (Å²) in [6.45, 7) is 3.80. The molecule has 0 spiro atoms. The molecule has 0 fully saturated rings. The van der Waals surface area contributed by atoms with Crippen LogP contribution in [0.3, 0.4) is 0 Å². The van der Waals surface area contributed by atoms with E-state index in [1.807, 2.05) is 13.8 Å². The van der Waals surface area contributed by atoms with Crippen molar-refractivity contribution in [2.45, 2.75) is 26.4 Å². The Balaban J connectivity index is 2.99. The minimum atomic E-state index is -0.395. The van der Waals surface area contributed by atoms with Crippen molar-refractivity contribution >= 4 is 43.5 Å². The number of ether oxygens (including phenoxy) is 1. The van der Waals surface area contributed by atoms with Crippen LogP contribution in [-0.2, 0) is 4.74 Å². The number of carbonyl (C=O) groups is 1. The molecular formula is C11H13Br2NO2. The van der Waals surface area contributed by atoms with Gasteiger partial charge in [0.25, 0.3) is 0 Å². The summed E-state index contributed by atoms with van der Waals surface area (Å²) in [5.74, 6) is -0.395. The van der Waals surface area contributed by atoms with Crippen LogP contribution in [0.1, 0.15) is 30.6 Å². The monoisotopic (exact) mass is 349 g/mol. The normalized spacial score (nSPS) is 12.2. The molecule has 0 aromatic heterocycles. The third-order valence-electron chi connectivity index (χ3n) is 2.20. The van der Waals surface area contributed by atoms with Gasteiger partial charge in [-0.15, -0.1) is 0 Å². The summed E-state index contributed by atoms with van der Waals surface area (Å²) in [6.07, 6.45) is 0.672. The van der Waals surface area contributed by atoms with Crippen LogP contribution in [0.15, 0.2) is 21.1 Å². The number of hydrogen-bond acceptors (Lipinski definition) is 3. The molecule has 1 aromatic rings. The molecule has 1 rings (SSSR count). The van der Waals surface area contributed by atoms with Crippen molar-refractivity contribution in [1.82, 2.24) is 0 Å². The molecule has 5 heteroatoms. The fourth-order valence-corrected chi connectivity index (χ4v) is 2.31. The van der Waals surface area contributed by atoms with Crippen molar-refractivity contribution < 1.29 is 9.53 Å². The first-order valence-electron chi connectivity index (χ1n) is 4.91. The number of esters is 1. The highest BCUT2D eigenvalue weighted by atomic mass is 79.9. The predicted molar refractivity (Wildman–Crippen MR) is 71.4 cm³/mol. The zero-order valence-electron chi connectivity index (χ0n) is 9.09. The average molecular weight is 351 g/mol. The number of nitrogens with two attached hydrogens (primary N) is 1. The Morgan fingerprint density at radius 2 is 2.12 bits per heavy atom. The molecule has 0 amide bonds. The summed E-state index contributed by atoms with van der Waals surface area (Å²) >= 11 is 6.59. The Bertz CT molecular complexity index is 407. The second-order valence-corrected chi connectivity index (χ2v) is 5.24. The second kappa shape index (κ2) is 5.68. The smallest absolute Gasteiger partial charge is 0.340 e. The largest absolute Gasteiger partial charge is 0.459 e. The van der Waals surface area contributed by atoms with Gasteiger partial charge in [-0.05, 0) is 41.4 Å². The van der Waals surface area contributed by atoms with Gasteiger partial charge in [0.1, 0.15) is 0 Å². The standard InChI is InChI=1S/C11H13Br2NO2/c1-3-6(2)16-11(15)8-4-7(12)5-9(13)10(8)14/h4-6H,3,14H2,1-2H3. The zero-order chi connectivity index (χ0) is 12.3. The van der Waals surface area contributed by atoms with Gasteiger partial charge in [0.05, 0.1) is 17.4 Å². The van der Waals surface area contributed by atoms with E-state index in [2.05, 4.69) is 31.9 Å². The molecule has 0 aliphatic rings. The maximum atomic E-state index is 11.8. The van der Waals surface area contributed by atoms with Gasteiger partial charge >= 0.3 is 5.97 Å². The van der Waals surface area contributed by atoms with Gasteiger partial charge in [-0.3, -0.25) is 0 Å². The first-order chi connectivity index (χ1) is 7.45. The van der Waals surface area contributed by atoms with E-state index in [1.54, 1.807) is 12.1 Å². The number of nitrogen functional groups attached to an aromatic ring is 1. The van der Waals surface area contributed by atoms with Gasteiger partial charge in [0.15, 0.2) is 0 Å². The molecule has 88 valence electrons. The van der Waals surface area contributed by atoms with E-state index in [9.17, 15) is 4.79 Å². The fourth-order valence-electron chi connectivity index (χ4n) is 1.08. The minimum absolute atomic E-state index is 0.107. The van der Waals surface area contributed by atoms with E-state index in [-0.39, 0.29) is 6.10 Å². The van der Waals surface area contributed by atoms with Crippen LogP contribution in [0, 0.1) is 0 Å². The van der Waals surface area contributed by atoms with E-state index in [4.69, 9.17) is 10.5 Å². The Kier molecular flexibility index (Phi) is 4.80. The lowest BCUT2D eigenvalue weighted by Crippen LogP contribution is -2.15. The summed E-state index contributed by atoms with van der Waals surface area (Å²) < 4.78 is 6.68. The molecule has 0 aliphatic carbocycles. The van der Waals surface area contributed by atoms with E-state index in [0.717, 1.165) is 10.9 Å². The van der Waals surface area contributed by atoms with Gasteiger partial charge in [0.2, 0.25) is 0 Å². The fraction of sp³-hybridized carbons (Fsp3) is 0.364. The molecular weight excluding hydrogens is 338 g/mol. The molecule has 0 heterocycles. The summed E-state index contributed by atoms with van der Waals surface area (Å²) in [4.78, 5) is 11.8. The molecule has 1 atom stereocenters. The highest BCUT2D eigenvalue weighted by Crippen LogP contribution is 2.28. The molecule has 1 aromatic carbocycles. The number of anilines is 1. The highest BCUT2D eigenvalue weighted by molar-refractivity contribution is 9.11. The third-order valence-corrected chi connectivity index (χ3v) is 3.31. The van der Waals surface area contributed by atoms with Crippen molar-refractivity contribution in [3.05, 3.63) is 26.6 Å². The number of rotatable bonds is 3. The van der Waals surface area contributed by atoms with E-state index < -0.39 is 5.97 Å². The summed E-state index contributed by atoms with van der Waals surface area (Å²) in [5, 5.41) is 0. The van der Waals surface area contributed by atoms with E-state index in [1.165, 1.54) is 0 Å². The van der Waals surface area contributed by atoms with Crippen LogP contribution in [0.4, 0.5) is 5.69 Å². The van der Waals surface area contributed by atoms with Gasteiger partial charge in [-0.2, -0.15) is 0 Å². The Hall–Kier alpha value is -0.550.